The lowest BCUT2D eigenvalue weighted by Gasteiger charge is -2.17. The Morgan fingerprint density at radius 1 is 1.33 bits per heavy atom. The Morgan fingerprint density at radius 2 is 2.00 bits per heavy atom. The van der Waals surface area contributed by atoms with Crippen molar-refractivity contribution in [2.24, 2.45) is 0 Å². The first kappa shape index (κ1) is 19.1. The monoisotopic (exact) mass is 390 g/mol. The number of nitrogens with zero attached hydrogens (tertiary/aromatic N) is 1. The number of anilines is 1. The molecule has 2 amide bonds. The largest absolute Gasteiger partial charge is 0.336 e. The van der Waals surface area contributed by atoms with Gasteiger partial charge in [0.05, 0.1) is 23.8 Å². The molecule has 1 saturated heterocycles. The van der Waals surface area contributed by atoms with E-state index in [1.165, 1.54) is 16.7 Å². The molecule has 0 aliphatic carbocycles. The van der Waals surface area contributed by atoms with Crippen LogP contribution in [0.25, 0.3) is 0 Å². The second-order valence-electron chi connectivity index (χ2n) is 5.64. The molecule has 132 valence electrons. The zero-order valence-corrected chi connectivity index (χ0v) is 15.6. The van der Waals surface area contributed by atoms with Crippen LogP contribution in [0, 0.1) is 0 Å². The average molecular weight is 391 g/mol. The van der Waals surface area contributed by atoms with Gasteiger partial charge in [-0.25, -0.2) is 8.42 Å². The summed E-state index contributed by atoms with van der Waals surface area (Å²) in [5, 5.41) is 3.23. The lowest BCUT2D eigenvalue weighted by molar-refractivity contribution is -0.131. The highest BCUT2D eigenvalue weighted by molar-refractivity contribution is 8.02. The maximum Gasteiger partial charge on any atom is 0.243 e. The van der Waals surface area contributed by atoms with Crippen molar-refractivity contribution in [3.63, 3.8) is 0 Å². The second kappa shape index (κ2) is 8.22. The molecule has 0 radical (unpaired) electrons. The van der Waals surface area contributed by atoms with Gasteiger partial charge in [0.1, 0.15) is 0 Å². The SMILES string of the molecule is CN(CC(=O)Nc1ccc(Cl)cc1)C(=O)CS[C@H]1CCS(=O)(=O)C1. The first-order valence-corrected chi connectivity index (χ1v) is 10.6. The number of benzene rings is 1. The molecule has 0 saturated carbocycles. The van der Waals surface area contributed by atoms with Gasteiger partial charge in [-0.2, -0.15) is 0 Å². The molecule has 0 aromatic heterocycles. The van der Waals surface area contributed by atoms with Crippen molar-refractivity contribution in [3.05, 3.63) is 29.3 Å². The van der Waals surface area contributed by atoms with Crippen molar-refractivity contribution < 1.29 is 18.0 Å². The molecule has 1 heterocycles. The number of hydrogen-bond acceptors (Lipinski definition) is 5. The van der Waals surface area contributed by atoms with Crippen LogP contribution in [0.5, 0.6) is 0 Å². The molecule has 1 N–H and O–H groups in total. The van der Waals surface area contributed by atoms with E-state index in [1.54, 1.807) is 31.3 Å². The molecule has 0 spiro atoms. The Morgan fingerprint density at radius 3 is 2.58 bits per heavy atom. The first-order valence-electron chi connectivity index (χ1n) is 7.36. The summed E-state index contributed by atoms with van der Waals surface area (Å²) in [6, 6.07) is 6.69. The topological polar surface area (TPSA) is 83.6 Å². The number of rotatable bonds is 6. The maximum absolute atomic E-state index is 12.1. The van der Waals surface area contributed by atoms with Crippen molar-refractivity contribution in [1.82, 2.24) is 4.90 Å². The predicted octanol–water partition coefficient (Wildman–Crippen LogP) is 1.66. The molecule has 9 heteroatoms. The molecule has 1 fully saturated rings. The Bertz CT molecular complexity index is 707. The molecule has 1 aromatic rings. The summed E-state index contributed by atoms with van der Waals surface area (Å²) in [6.45, 7) is -0.0645. The Balaban J connectivity index is 1.74. The summed E-state index contributed by atoms with van der Waals surface area (Å²) in [5.41, 5.74) is 0.607. The molecule has 0 bridgehead atoms. The predicted molar refractivity (Wildman–Crippen MR) is 97.2 cm³/mol. The summed E-state index contributed by atoms with van der Waals surface area (Å²) >= 11 is 7.11. The second-order valence-corrected chi connectivity index (χ2v) is 9.59. The van der Waals surface area contributed by atoms with Gasteiger partial charge < -0.3 is 10.2 Å². The molecule has 1 aliphatic rings. The maximum atomic E-state index is 12.1. The standard InChI is InChI=1S/C15H19ClN2O4S2/c1-18(8-14(19)17-12-4-2-11(16)3-5-12)15(20)9-23-13-6-7-24(21,22)10-13/h2-5,13H,6-10H2,1H3,(H,17,19)/t13-/m0/s1. The van der Waals surface area contributed by atoms with E-state index in [4.69, 9.17) is 11.6 Å². The zero-order chi connectivity index (χ0) is 17.7. The summed E-state index contributed by atoms with van der Waals surface area (Å²) in [4.78, 5) is 25.3. The van der Waals surface area contributed by atoms with Crippen LogP contribution in [0.15, 0.2) is 24.3 Å². The summed E-state index contributed by atoms with van der Waals surface area (Å²) < 4.78 is 22.8. The Hall–Kier alpha value is -1.25. The van der Waals surface area contributed by atoms with Crippen molar-refractivity contribution in [1.29, 1.82) is 0 Å². The number of sulfone groups is 1. The zero-order valence-electron chi connectivity index (χ0n) is 13.2. The normalized spacial score (nSPS) is 19.0. The molecule has 24 heavy (non-hydrogen) atoms. The lowest BCUT2D eigenvalue weighted by Crippen LogP contribution is -2.36. The third-order valence-electron chi connectivity index (χ3n) is 3.57. The van der Waals surface area contributed by atoms with Crippen LogP contribution >= 0.6 is 23.4 Å². The van der Waals surface area contributed by atoms with Gasteiger partial charge in [0.2, 0.25) is 11.8 Å². The number of nitrogens with one attached hydrogen (secondary N) is 1. The molecule has 2 rings (SSSR count). The van der Waals surface area contributed by atoms with Crippen LogP contribution < -0.4 is 5.32 Å². The number of carbonyl (C=O) groups excluding carboxylic acids is 2. The fourth-order valence-electron chi connectivity index (χ4n) is 2.23. The van der Waals surface area contributed by atoms with Crippen molar-refractivity contribution in [2.45, 2.75) is 11.7 Å². The fraction of sp³-hybridized carbons (Fsp3) is 0.467. The van der Waals surface area contributed by atoms with Crippen molar-refractivity contribution in [3.8, 4) is 0 Å². The van der Waals surface area contributed by atoms with Crippen molar-refractivity contribution >= 4 is 50.7 Å². The highest BCUT2D eigenvalue weighted by Gasteiger charge is 2.29. The number of halogens is 1. The van der Waals surface area contributed by atoms with Crippen LogP contribution in [0.4, 0.5) is 5.69 Å². The Kier molecular flexibility index (Phi) is 6.54. The van der Waals surface area contributed by atoms with E-state index in [0.717, 1.165) is 0 Å². The van der Waals surface area contributed by atoms with Gasteiger partial charge in [0.15, 0.2) is 9.84 Å². The molecule has 1 atom stereocenters. The molecular formula is C15H19ClN2O4S2. The third kappa shape index (κ3) is 5.99. The number of carbonyl (C=O) groups is 2. The highest BCUT2D eigenvalue weighted by atomic mass is 35.5. The van der Waals surface area contributed by atoms with Crippen LogP contribution in [0.1, 0.15) is 6.42 Å². The molecule has 6 nitrogen and oxygen atoms in total. The first-order chi connectivity index (χ1) is 11.2. The molecule has 0 unspecified atom stereocenters. The van der Waals surface area contributed by atoms with Crippen LogP contribution in [0.3, 0.4) is 0 Å². The van der Waals surface area contributed by atoms with Crippen LogP contribution in [0.2, 0.25) is 5.02 Å². The average Bonchev–Trinajstić information content (AvgIpc) is 2.86. The van der Waals surface area contributed by atoms with E-state index in [1.807, 2.05) is 0 Å². The van der Waals surface area contributed by atoms with Gasteiger partial charge in [-0.1, -0.05) is 11.6 Å². The number of thioether (sulfide) groups is 1. The molecular weight excluding hydrogens is 372 g/mol. The minimum atomic E-state index is -2.94. The summed E-state index contributed by atoms with van der Waals surface area (Å²) in [5.74, 6) is -0.00776. The van der Waals surface area contributed by atoms with E-state index in [2.05, 4.69) is 5.32 Å². The smallest absolute Gasteiger partial charge is 0.243 e. The van der Waals surface area contributed by atoms with Crippen LogP contribution in [-0.2, 0) is 19.4 Å². The number of hydrogen-bond donors (Lipinski definition) is 1. The van der Waals surface area contributed by atoms with Gasteiger partial charge in [-0.05, 0) is 30.7 Å². The van der Waals surface area contributed by atoms with E-state index < -0.39 is 9.84 Å². The minimum absolute atomic E-state index is 0.0322. The summed E-state index contributed by atoms with van der Waals surface area (Å²) in [7, 11) is -1.39. The van der Waals surface area contributed by atoms with Crippen LogP contribution in [-0.4, -0.2) is 61.2 Å². The van der Waals surface area contributed by atoms with E-state index in [0.29, 0.717) is 17.1 Å². The van der Waals surface area contributed by atoms with Crippen molar-refractivity contribution in [2.75, 3.05) is 36.2 Å². The quantitative estimate of drug-likeness (QED) is 0.798. The van der Waals surface area contributed by atoms with E-state index in [9.17, 15) is 18.0 Å². The van der Waals surface area contributed by atoms with Gasteiger partial charge in [0, 0.05) is 23.0 Å². The Labute approximate surface area is 150 Å². The summed E-state index contributed by atoms with van der Waals surface area (Å²) in [6.07, 6.45) is 0.584. The number of amides is 2. The van der Waals surface area contributed by atoms with E-state index in [-0.39, 0.29) is 40.9 Å². The molecule has 1 aromatic carbocycles. The lowest BCUT2D eigenvalue weighted by atomic mass is 10.3. The van der Waals surface area contributed by atoms with E-state index >= 15 is 0 Å². The number of likely N-dealkylation sites (N-methyl/N-ethyl adjacent to an activating group) is 1. The minimum Gasteiger partial charge on any atom is -0.336 e. The molecule has 1 aliphatic heterocycles. The van der Waals surface area contributed by atoms with Gasteiger partial charge in [-0.15, -0.1) is 11.8 Å². The highest BCUT2D eigenvalue weighted by Crippen LogP contribution is 2.24. The van der Waals surface area contributed by atoms with Gasteiger partial charge in [0.25, 0.3) is 0 Å². The fourth-order valence-corrected chi connectivity index (χ4v) is 5.94. The third-order valence-corrected chi connectivity index (χ3v) is 7.09. The van der Waals surface area contributed by atoms with Gasteiger partial charge in [-0.3, -0.25) is 9.59 Å². The van der Waals surface area contributed by atoms with Gasteiger partial charge >= 0.3 is 0 Å².